The van der Waals surface area contributed by atoms with Crippen molar-refractivity contribution in [1.82, 2.24) is 14.9 Å². The summed E-state index contributed by atoms with van der Waals surface area (Å²) in [6.07, 6.45) is 11.2. The standard InChI is InChI=1S/C9H11N3O/c1-2-3-4-5-11-9(13)12-7-6-10-8-12/h1,6-8H,3-5H2,(H,11,13). The number of amides is 1. The van der Waals surface area contributed by atoms with Gasteiger partial charge in [0.1, 0.15) is 6.33 Å². The third-order valence-electron chi connectivity index (χ3n) is 1.51. The highest BCUT2D eigenvalue weighted by Gasteiger charge is 2.00. The monoisotopic (exact) mass is 177 g/mol. The summed E-state index contributed by atoms with van der Waals surface area (Å²) in [5.41, 5.74) is 0. The highest BCUT2D eigenvalue weighted by atomic mass is 16.2. The molecule has 1 N–H and O–H groups in total. The van der Waals surface area contributed by atoms with Crippen LogP contribution in [0.25, 0.3) is 0 Å². The summed E-state index contributed by atoms with van der Waals surface area (Å²) in [4.78, 5) is 15.0. The van der Waals surface area contributed by atoms with Crippen LogP contribution in [0.2, 0.25) is 0 Å². The van der Waals surface area contributed by atoms with Gasteiger partial charge in [0.15, 0.2) is 0 Å². The molecule has 4 heteroatoms. The van der Waals surface area contributed by atoms with Crippen molar-refractivity contribution in [1.29, 1.82) is 0 Å². The van der Waals surface area contributed by atoms with E-state index in [0.717, 1.165) is 6.42 Å². The smallest absolute Gasteiger partial charge is 0.326 e. The Morgan fingerprint density at radius 2 is 2.54 bits per heavy atom. The lowest BCUT2D eigenvalue weighted by atomic mass is 10.3. The van der Waals surface area contributed by atoms with Gasteiger partial charge in [0, 0.05) is 25.4 Å². The second kappa shape index (κ2) is 4.99. The van der Waals surface area contributed by atoms with Crippen LogP contribution in [-0.2, 0) is 0 Å². The van der Waals surface area contributed by atoms with Crippen LogP contribution >= 0.6 is 0 Å². The van der Waals surface area contributed by atoms with Crippen molar-refractivity contribution in [2.24, 2.45) is 0 Å². The molecule has 0 aromatic carbocycles. The zero-order valence-corrected chi connectivity index (χ0v) is 7.23. The van der Waals surface area contributed by atoms with E-state index in [0.29, 0.717) is 13.0 Å². The van der Waals surface area contributed by atoms with Crippen molar-refractivity contribution in [2.45, 2.75) is 12.8 Å². The first kappa shape index (κ1) is 9.33. The van der Waals surface area contributed by atoms with Crippen LogP contribution in [0.1, 0.15) is 12.8 Å². The van der Waals surface area contributed by atoms with E-state index in [2.05, 4.69) is 16.2 Å². The third kappa shape index (κ3) is 2.99. The molecular weight excluding hydrogens is 166 g/mol. The minimum absolute atomic E-state index is 0.172. The Bertz CT molecular complexity index is 297. The second-order valence-electron chi connectivity index (χ2n) is 2.51. The maximum absolute atomic E-state index is 11.2. The van der Waals surface area contributed by atoms with Crippen LogP contribution in [0.4, 0.5) is 4.79 Å². The van der Waals surface area contributed by atoms with E-state index in [1.807, 2.05) is 0 Å². The lowest BCUT2D eigenvalue weighted by molar-refractivity contribution is 0.242. The van der Waals surface area contributed by atoms with Crippen molar-refractivity contribution in [3.05, 3.63) is 18.7 Å². The van der Waals surface area contributed by atoms with Gasteiger partial charge in [-0.2, -0.15) is 0 Å². The van der Waals surface area contributed by atoms with Gasteiger partial charge in [-0.15, -0.1) is 12.3 Å². The van der Waals surface area contributed by atoms with Gasteiger partial charge >= 0.3 is 6.03 Å². The fraction of sp³-hybridized carbons (Fsp3) is 0.333. The van der Waals surface area contributed by atoms with Crippen LogP contribution < -0.4 is 5.32 Å². The summed E-state index contributed by atoms with van der Waals surface area (Å²) in [6.45, 7) is 0.598. The fourth-order valence-corrected chi connectivity index (χ4v) is 0.856. The molecule has 0 aliphatic rings. The lowest BCUT2D eigenvalue weighted by Crippen LogP contribution is -2.28. The van der Waals surface area contributed by atoms with Gasteiger partial charge in [0.25, 0.3) is 0 Å². The molecule has 0 unspecified atom stereocenters. The van der Waals surface area contributed by atoms with Crippen LogP contribution in [0, 0.1) is 12.3 Å². The van der Waals surface area contributed by atoms with Gasteiger partial charge in [-0.1, -0.05) is 0 Å². The van der Waals surface area contributed by atoms with Crippen molar-refractivity contribution in [3.8, 4) is 12.3 Å². The number of aromatic nitrogens is 2. The molecule has 0 fully saturated rings. The van der Waals surface area contributed by atoms with Gasteiger partial charge in [-0.25, -0.2) is 9.78 Å². The number of nitrogens with one attached hydrogen (secondary N) is 1. The van der Waals surface area contributed by atoms with E-state index in [-0.39, 0.29) is 6.03 Å². The Labute approximate surface area is 77.0 Å². The molecule has 4 nitrogen and oxygen atoms in total. The average molecular weight is 177 g/mol. The Kier molecular flexibility index (Phi) is 3.58. The van der Waals surface area contributed by atoms with Gasteiger partial charge < -0.3 is 5.32 Å². The van der Waals surface area contributed by atoms with E-state index in [1.165, 1.54) is 10.9 Å². The van der Waals surface area contributed by atoms with Gasteiger partial charge in [-0.3, -0.25) is 4.57 Å². The highest BCUT2D eigenvalue weighted by Crippen LogP contribution is 1.87. The molecule has 0 saturated carbocycles. The quantitative estimate of drug-likeness (QED) is 0.549. The number of hydrogen-bond acceptors (Lipinski definition) is 2. The summed E-state index contributed by atoms with van der Waals surface area (Å²) >= 11 is 0. The second-order valence-corrected chi connectivity index (χ2v) is 2.51. The number of carbonyl (C=O) groups is 1. The van der Waals surface area contributed by atoms with E-state index in [4.69, 9.17) is 6.42 Å². The molecule has 0 aliphatic heterocycles. The van der Waals surface area contributed by atoms with Crippen molar-refractivity contribution >= 4 is 6.03 Å². The molecule has 1 aromatic rings. The third-order valence-corrected chi connectivity index (χ3v) is 1.51. The zero-order chi connectivity index (χ0) is 9.52. The minimum Gasteiger partial charge on any atom is -0.337 e. The Morgan fingerprint density at radius 3 is 3.15 bits per heavy atom. The SMILES string of the molecule is C#CCCCNC(=O)n1ccnc1. The van der Waals surface area contributed by atoms with Crippen LogP contribution in [0.5, 0.6) is 0 Å². The Balaban J connectivity index is 2.24. The number of carbonyl (C=O) groups excluding carboxylic acids is 1. The van der Waals surface area contributed by atoms with Gasteiger partial charge in [0.2, 0.25) is 0 Å². The maximum atomic E-state index is 11.2. The van der Waals surface area contributed by atoms with E-state index in [9.17, 15) is 4.79 Å². The first-order chi connectivity index (χ1) is 6.34. The molecule has 1 aromatic heterocycles. The number of rotatable bonds is 3. The number of nitrogens with zero attached hydrogens (tertiary/aromatic N) is 2. The fourth-order valence-electron chi connectivity index (χ4n) is 0.856. The highest BCUT2D eigenvalue weighted by molar-refractivity contribution is 5.76. The van der Waals surface area contributed by atoms with E-state index >= 15 is 0 Å². The van der Waals surface area contributed by atoms with Gasteiger partial charge in [0.05, 0.1) is 0 Å². The zero-order valence-electron chi connectivity index (χ0n) is 7.23. The molecule has 13 heavy (non-hydrogen) atoms. The summed E-state index contributed by atoms with van der Waals surface area (Å²) in [7, 11) is 0. The van der Waals surface area contributed by atoms with Crippen LogP contribution in [0.15, 0.2) is 18.7 Å². The molecule has 0 bridgehead atoms. The topological polar surface area (TPSA) is 46.9 Å². The number of hydrogen-bond donors (Lipinski definition) is 1. The summed E-state index contributed by atoms with van der Waals surface area (Å²) in [5, 5.41) is 2.71. The van der Waals surface area contributed by atoms with Crippen molar-refractivity contribution in [3.63, 3.8) is 0 Å². The molecule has 1 rings (SSSR count). The van der Waals surface area contributed by atoms with Crippen molar-refractivity contribution < 1.29 is 4.79 Å². The van der Waals surface area contributed by atoms with E-state index in [1.54, 1.807) is 12.4 Å². The van der Waals surface area contributed by atoms with Crippen LogP contribution in [-0.4, -0.2) is 22.1 Å². The first-order valence-electron chi connectivity index (χ1n) is 4.04. The minimum atomic E-state index is -0.172. The van der Waals surface area contributed by atoms with Crippen LogP contribution in [0.3, 0.4) is 0 Å². The molecule has 0 spiro atoms. The van der Waals surface area contributed by atoms with Gasteiger partial charge in [-0.05, 0) is 6.42 Å². The molecule has 0 saturated heterocycles. The Morgan fingerprint density at radius 1 is 1.69 bits per heavy atom. The summed E-state index contributed by atoms with van der Waals surface area (Å²) in [5.74, 6) is 2.51. The Hall–Kier alpha value is -1.76. The molecule has 0 atom stereocenters. The largest absolute Gasteiger partial charge is 0.337 e. The average Bonchev–Trinajstić information content (AvgIpc) is 2.65. The van der Waals surface area contributed by atoms with Crippen molar-refractivity contribution in [2.75, 3.05) is 6.54 Å². The molecule has 0 aliphatic carbocycles. The molecule has 0 radical (unpaired) electrons. The molecule has 1 amide bonds. The number of terminal acetylenes is 1. The molecular formula is C9H11N3O. The first-order valence-corrected chi connectivity index (χ1v) is 4.04. The normalized spacial score (nSPS) is 9.15. The number of imidazole rings is 1. The maximum Gasteiger partial charge on any atom is 0.326 e. The molecule has 68 valence electrons. The predicted octanol–water partition coefficient (Wildman–Crippen LogP) is 0.854. The van der Waals surface area contributed by atoms with E-state index < -0.39 is 0 Å². The number of unbranched alkanes of at least 4 members (excludes halogenated alkanes) is 1. The lowest BCUT2D eigenvalue weighted by Gasteiger charge is -2.02. The molecule has 1 heterocycles. The summed E-state index contributed by atoms with van der Waals surface area (Å²) < 4.78 is 1.38. The predicted molar refractivity (Wildman–Crippen MR) is 49.1 cm³/mol. The summed E-state index contributed by atoms with van der Waals surface area (Å²) in [6, 6.07) is -0.172.